The second-order valence-electron chi connectivity index (χ2n) is 9.34. The number of hydrogen-bond acceptors (Lipinski definition) is 4. The number of amides is 3. The molecule has 2 fully saturated rings. The number of nitrogens with zero attached hydrogens (tertiary/aromatic N) is 4. The molecule has 1 atom stereocenters. The molecular formula is C24H27F2N5O3. The van der Waals surface area contributed by atoms with E-state index in [1.165, 1.54) is 11.0 Å². The number of halogens is 2. The van der Waals surface area contributed by atoms with Crippen LogP contribution in [0.1, 0.15) is 57.8 Å². The summed E-state index contributed by atoms with van der Waals surface area (Å²) in [5.41, 5.74) is 1.05. The van der Waals surface area contributed by atoms with Crippen molar-refractivity contribution in [1.29, 1.82) is 0 Å². The van der Waals surface area contributed by atoms with Gasteiger partial charge in [0.15, 0.2) is 5.69 Å². The average Bonchev–Trinajstić information content (AvgIpc) is 3.59. The van der Waals surface area contributed by atoms with Crippen molar-refractivity contribution in [2.24, 2.45) is 13.0 Å². The number of carbonyl (C=O) groups excluding carboxylic acids is 3. The van der Waals surface area contributed by atoms with Gasteiger partial charge in [0, 0.05) is 50.4 Å². The van der Waals surface area contributed by atoms with E-state index in [0.29, 0.717) is 25.1 Å². The molecule has 0 spiro atoms. The van der Waals surface area contributed by atoms with Crippen LogP contribution in [-0.4, -0.2) is 63.0 Å². The van der Waals surface area contributed by atoms with E-state index in [0.717, 1.165) is 43.5 Å². The molecule has 1 saturated heterocycles. The lowest BCUT2D eigenvalue weighted by molar-refractivity contribution is -0.126. The smallest absolute Gasteiger partial charge is 0.274 e. The number of piperidine rings is 1. The fourth-order valence-electron chi connectivity index (χ4n) is 4.87. The zero-order valence-electron chi connectivity index (χ0n) is 19.0. The summed E-state index contributed by atoms with van der Waals surface area (Å²) in [6, 6.07) is 3.59. The number of nitrogens with one attached hydrogen (secondary N) is 1. The molecule has 2 aromatic rings. The molecule has 1 N–H and O–H groups in total. The lowest BCUT2D eigenvalue weighted by atomic mass is 9.96. The Balaban J connectivity index is 1.35. The van der Waals surface area contributed by atoms with E-state index in [9.17, 15) is 23.2 Å². The van der Waals surface area contributed by atoms with Crippen molar-refractivity contribution >= 4 is 17.7 Å². The van der Waals surface area contributed by atoms with Crippen LogP contribution in [-0.2, 0) is 24.8 Å². The standard InChI is InChI=1S/C24H27F2N5O3/c1-29-19-9-11-31(23(33)20-17(25)5-2-6-18(20)26)13-16(19)21(28-29)24(34)30-10-3-4-14(12-30)22(32)27-15-7-8-15/h2,5-6,14-15H,3-4,7-13H2,1H3,(H,27,32)/t14-/m0/s1. The second-order valence-corrected chi connectivity index (χ2v) is 9.34. The Morgan fingerprint density at radius 1 is 1.03 bits per heavy atom. The molecule has 3 aliphatic rings. The Morgan fingerprint density at radius 2 is 1.76 bits per heavy atom. The van der Waals surface area contributed by atoms with E-state index >= 15 is 0 Å². The molecule has 0 bridgehead atoms. The molecule has 10 heteroatoms. The average molecular weight is 472 g/mol. The monoisotopic (exact) mass is 471 g/mol. The van der Waals surface area contributed by atoms with E-state index in [4.69, 9.17) is 0 Å². The SMILES string of the molecule is Cn1nc(C(=O)N2CCC[C@H](C(=O)NC3CC3)C2)c2c1CCN(C(=O)c1c(F)cccc1F)C2. The summed E-state index contributed by atoms with van der Waals surface area (Å²) in [7, 11) is 1.74. The van der Waals surface area contributed by atoms with Crippen molar-refractivity contribution in [3.8, 4) is 0 Å². The van der Waals surface area contributed by atoms with Gasteiger partial charge in [0.2, 0.25) is 5.91 Å². The molecule has 8 nitrogen and oxygen atoms in total. The normalized spacial score (nSPS) is 20.1. The summed E-state index contributed by atoms with van der Waals surface area (Å²) in [6.45, 7) is 1.16. The van der Waals surface area contributed by atoms with Crippen LogP contribution in [0.3, 0.4) is 0 Å². The lowest BCUT2D eigenvalue weighted by Gasteiger charge is -2.32. The van der Waals surface area contributed by atoms with Crippen LogP contribution < -0.4 is 5.32 Å². The van der Waals surface area contributed by atoms with Crippen LogP contribution >= 0.6 is 0 Å². The maximum Gasteiger partial charge on any atom is 0.274 e. The van der Waals surface area contributed by atoms with Gasteiger partial charge in [-0.15, -0.1) is 0 Å². The fourth-order valence-corrected chi connectivity index (χ4v) is 4.87. The third kappa shape index (κ3) is 4.17. The van der Waals surface area contributed by atoms with Gasteiger partial charge < -0.3 is 15.1 Å². The molecule has 5 rings (SSSR count). The minimum absolute atomic E-state index is 0.00765. The fraction of sp³-hybridized carbons (Fsp3) is 0.500. The molecular weight excluding hydrogens is 444 g/mol. The van der Waals surface area contributed by atoms with Crippen molar-refractivity contribution in [3.63, 3.8) is 0 Å². The zero-order valence-corrected chi connectivity index (χ0v) is 19.0. The van der Waals surface area contributed by atoms with Gasteiger partial charge in [0.25, 0.3) is 11.8 Å². The summed E-state index contributed by atoms with van der Waals surface area (Å²) in [5.74, 6) is -3.12. The Hall–Kier alpha value is -3.30. The van der Waals surface area contributed by atoms with Crippen molar-refractivity contribution < 1.29 is 23.2 Å². The van der Waals surface area contributed by atoms with Crippen molar-refractivity contribution in [1.82, 2.24) is 24.9 Å². The van der Waals surface area contributed by atoms with Gasteiger partial charge in [-0.2, -0.15) is 5.10 Å². The van der Waals surface area contributed by atoms with Crippen LogP contribution in [0.4, 0.5) is 8.78 Å². The van der Waals surface area contributed by atoms with E-state index in [-0.39, 0.29) is 42.6 Å². The molecule has 1 aliphatic carbocycles. The summed E-state index contributed by atoms with van der Waals surface area (Å²) in [4.78, 5) is 41.9. The van der Waals surface area contributed by atoms with Gasteiger partial charge >= 0.3 is 0 Å². The molecule has 34 heavy (non-hydrogen) atoms. The van der Waals surface area contributed by atoms with Crippen LogP contribution in [0, 0.1) is 17.6 Å². The first-order valence-electron chi connectivity index (χ1n) is 11.7. The Bertz CT molecular complexity index is 1140. The lowest BCUT2D eigenvalue weighted by Crippen LogP contribution is -2.46. The van der Waals surface area contributed by atoms with Crippen molar-refractivity contribution in [2.75, 3.05) is 19.6 Å². The minimum Gasteiger partial charge on any atom is -0.353 e. The zero-order chi connectivity index (χ0) is 24.0. The van der Waals surface area contributed by atoms with Crippen LogP contribution in [0.2, 0.25) is 0 Å². The number of rotatable bonds is 4. The highest BCUT2D eigenvalue weighted by atomic mass is 19.1. The predicted molar refractivity (Wildman–Crippen MR) is 118 cm³/mol. The molecule has 0 radical (unpaired) electrons. The number of hydrogen-bond donors (Lipinski definition) is 1. The number of carbonyl (C=O) groups is 3. The summed E-state index contributed by atoms with van der Waals surface area (Å²) < 4.78 is 30.0. The van der Waals surface area contributed by atoms with E-state index in [2.05, 4.69) is 10.4 Å². The summed E-state index contributed by atoms with van der Waals surface area (Å²) in [5, 5.41) is 7.45. The van der Waals surface area contributed by atoms with Gasteiger partial charge in [0.1, 0.15) is 17.2 Å². The molecule has 2 aliphatic heterocycles. The highest BCUT2D eigenvalue weighted by molar-refractivity contribution is 5.97. The van der Waals surface area contributed by atoms with Gasteiger partial charge in [-0.1, -0.05) is 6.07 Å². The Labute approximate surface area is 195 Å². The van der Waals surface area contributed by atoms with Crippen LogP contribution in [0.25, 0.3) is 0 Å². The number of fused-ring (bicyclic) bond motifs is 1. The molecule has 180 valence electrons. The number of likely N-dealkylation sites (tertiary alicyclic amines) is 1. The van der Waals surface area contributed by atoms with Gasteiger partial charge in [0.05, 0.1) is 12.5 Å². The molecule has 1 aromatic heterocycles. The number of aromatic nitrogens is 2. The number of benzene rings is 1. The van der Waals surface area contributed by atoms with E-state index in [1.54, 1.807) is 16.6 Å². The Morgan fingerprint density at radius 3 is 2.47 bits per heavy atom. The Kier molecular flexibility index (Phi) is 5.83. The van der Waals surface area contributed by atoms with Gasteiger partial charge in [-0.3, -0.25) is 19.1 Å². The third-order valence-corrected chi connectivity index (χ3v) is 6.91. The summed E-state index contributed by atoms with van der Waals surface area (Å²) >= 11 is 0. The van der Waals surface area contributed by atoms with Crippen molar-refractivity contribution in [2.45, 2.75) is 44.7 Å². The topological polar surface area (TPSA) is 87.5 Å². The van der Waals surface area contributed by atoms with Gasteiger partial charge in [-0.05, 0) is 37.8 Å². The van der Waals surface area contributed by atoms with Crippen LogP contribution in [0.15, 0.2) is 18.2 Å². The minimum atomic E-state index is -0.915. The highest BCUT2D eigenvalue weighted by Crippen LogP contribution is 2.28. The predicted octanol–water partition coefficient (Wildman–Crippen LogP) is 2.03. The maximum absolute atomic E-state index is 14.2. The number of aryl methyl sites for hydroxylation is 1. The third-order valence-electron chi connectivity index (χ3n) is 6.91. The largest absolute Gasteiger partial charge is 0.353 e. The van der Waals surface area contributed by atoms with Crippen LogP contribution in [0.5, 0.6) is 0 Å². The molecule has 1 aromatic carbocycles. The van der Waals surface area contributed by atoms with E-state index < -0.39 is 23.1 Å². The molecule has 3 amide bonds. The van der Waals surface area contributed by atoms with Gasteiger partial charge in [-0.25, -0.2) is 8.78 Å². The highest BCUT2D eigenvalue weighted by Gasteiger charge is 2.36. The van der Waals surface area contributed by atoms with E-state index in [1.807, 2.05) is 0 Å². The second kappa shape index (κ2) is 8.81. The first kappa shape index (κ1) is 22.5. The summed E-state index contributed by atoms with van der Waals surface area (Å²) in [6.07, 6.45) is 3.89. The maximum atomic E-state index is 14.2. The molecule has 0 unspecified atom stereocenters. The van der Waals surface area contributed by atoms with Crippen molar-refractivity contribution in [3.05, 3.63) is 52.3 Å². The molecule has 1 saturated carbocycles. The first-order chi connectivity index (χ1) is 16.3. The first-order valence-corrected chi connectivity index (χ1v) is 11.7. The quantitative estimate of drug-likeness (QED) is 0.739. The molecule has 3 heterocycles.